The zero-order chi connectivity index (χ0) is 77.2. The first-order valence-electron chi connectivity index (χ1n) is 37.1. The molecular weight excluding hydrogens is 1380 g/mol. The fourth-order valence-corrected chi connectivity index (χ4v) is 16.6. The molecule has 3 N–H and O–H groups in total. The van der Waals surface area contributed by atoms with Crippen LogP contribution in [0, 0.1) is 35.5 Å². The summed E-state index contributed by atoms with van der Waals surface area (Å²) in [6.07, 6.45) is -11.1. The Morgan fingerprint density at radius 3 is 1.79 bits per heavy atom. The second kappa shape index (κ2) is 35.9. The van der Waals surface area contributed by atoms with Gasteiger partial charge in [0.2, 0.25) is 70.9 Å². The molecule has 12 amide bonds. The number of hydrogen-bond donors (Lipinski definition) is 3. The fraction of sp³-hybridized carbons (Fsp3) is 0.806. The van der Waals surface area contributed by atoms with Crippen molar-refractivity contribution >= 4 is 70.9 Å². The van der Waals surface area contributed by atoms with E-state index in [1.807, 2.05) is 0 Å². The third-order valence-electron chi connectivity index (χ3n) is 23.4. The van der Waals surface area contributed by atoms with Crippen LogP contribution >= 0.6 is 0 Å². The average molecular weight is 1490 g/mol. The van der Waals surface area contributed by atoms with Crippen molar-refractivity contribution in [3.05, 3.63) is 12.2 Å². The van der Waals surface area contributed by atoms with Crippen molar-refractivity contribution in [2.75, 3.05) is 82.6 Å². The third kappa shape index (κ3) is 19.9. The molecule has 0 aromatic heterocycles. The lowest BCUT2D eigenvalue weighted by molar-refractivity contribution is -0.219. The maximum absolute atomic E-state index is 15.4. The van der Waals surface area contributed by atoms with Gasteiger partial charge in [-0.1, -0.05) is 52.2 Å². The molecule has 6 fully saturated rings. The minimum absolute atomic E-state index is 0.00421. The van der Waals surface area contributed by atoms with E-state index in [9.17, 15) is 55.1 Å². The molecule has 104 heavy (non-hydrogen) atoms. The van der Waals surface area contributed by atoms with Crippen LogP contribution in [0.2, 0.25) is 0 Å². The van der Waals surface area contributed by atoms with Crippen molar-refractivity contribution in [2.24, 2.45) is 35.5 Å². The summed E-state index contributed by atoms with van der Waals surface area (Å²) in [5, 5.41) is 8.37. The fourth-order valence-electron chi connectivity index (χ4n) is 16.6. The summed E-state index contributed by atoms with van der Waals surface area (Å²) in [5.74, 6) is -16.5. The maximum Gasteiger partial charge on any atom is 0.397 e. The number of nitrogens with zero attached hydrogens (tertiary/aromatic N) is 9. The van der Waals surface area contributed by atoms with Crippen LogP contribution in [0.5, 0.6) is 0 Å². The number of hydrogen-bond acceptors (Lipinski definition) is 12. The number of alkyl halides is 8. The number of rotatable bonds is 10. The average Bonchev–Trinajstić information content (AvgIpc) is 0.943. The highest BCUT2D eigenvalue weighted by atomic mass is 19.4. The van der Waals surface area contributed by atoms with E-state index in [1.54, 1.807) is 32.9 Å². The number of carbonyl (C=O) groups is 12. The lowest BCUT2D eigenvalue weighted by Gasteiger charge is -2.47. The van der Waals surface area contributed by atoms with E-state index < -0.39 is 224 Å². The Morgan fingerprint density at radius 1 is 0.606 bits per heavy atom. The van der Waals surface area contributed by atoms with Crippen molar-refractivity contribution in [2.45, 2.75) is 253 Å². The molecule has 11 atom stereocenters. The number of carbonyl (C=O) groups excluding carboxylic acids is 12. The summed E-state index contributed by atoms with van der Waals surface area (Å²) in [6.45, 7) is 3.36. The Hall–Kier alpha value is -7.18. The van der Waals surface area contributed by atoms with Gasteiger partial charge >= 0.3 is 12.4 Å². The van der Waals surface area contributed by atoms with E-state index in [2.05, 4.69) is 16.0 Å². The topological polar surface area (TPSA) is 270 Å². The van der Waals surface area contributed by atoms with Crippen LogP contribution in [-0.2, 0) is 57.5 Å². The van der Waals surface area contributed by atoms with E-state index in [0.29, 0.717) is 51.4 Å². The van der Waals surface area contributed by atoms with Gasteiger partial charge in [0.15, 0.2) is 0 Å². The van der Waals surface area contributed by atoms with Crippen LogP contribution in [0.3, 0.4) is 0 Å². The van der Waals surface area contributed by atoms with Gasteiger partial charge in [-0.3, -0.25) is 57.5 Å². The van der Waals surface area contributed by atoms with Gasteiger partial charge in [0.1, 0.15) is 72.1 Å². The Balaban J connectivity index is 1.30. The van der Waals surface area contributed by atoms with E-state index in [0.717, 1.165) is 24.5 Å². The molecule has 0 radical (unpaired) electrons. The first-order chi connectivity index (χ1) is 48.8. The molecule has 586 valence electrons. The predicted molar refractivity (Wildman–Crippen MR) is 366 cm³/mol. The van der Waals surface area contributed by atoms with Gasteiger partial charge in [0, 0.05) is 69.5 Å². The van der Waals surface area contributed by atoms with Crippen LogP contribution in [-0.4, -0.2) is 276 Å². The van der Waals surface area contributed by atoms with E-state index in [-0.39, 0.29) is 90.1 Å². The number of piperidine rings is 1. The second-order valence-electron chi connectivity index (χ2n) is 30.7. The number of likely N-dealkylation sites (N-methyl/N-ethyl adjacent to an activating group) is 7. The largest absolute Gasteiger partial charge is 0.397 e. The molecule has 0 aromatic rings. The van der Waals surface area contributed by atoms with Crippen molar-refractivity contribution < 1.29 is 92.7 Å². The zero-order valence-corrected chi connectivity index (χ0v) is 62.1. The molecule has 2 unspecified atom stereocenters. The minimum atomic E-state index is -5.20. The van der Waals surface area contributed by atoms with Crippen molar-refractivity contribution in [3.63, 3.8) is 0 Å². The monoisotopic (exact) mass is 1490 g/mol. The molecular formula is C72H110F8N12O12. The van der Waals surface area contributed by atoms with Crippen molar-refractivity contribution in [1.29, 1.82) is 0 Å². The number of fused-ring (bicyclic) bond motifs is 3. The van der Waals surface area contributed by atoms with Crippen LogP contribution < -0.4 is 16.0 Å². The molecule has 3 heterocycles. The molecule has 0 aromatic carbocycles. The smallest absolute Gasteiger partial charge is 0.347 e. The molecule has 3 aliphatic heterocycles. The van der Waals surface area contributed by atoms with Crippen LogP contribution in [0.15, 0.2) is 12.2 Å². The molecule has 7 rings (SSSR count). The normalized spacial score (nSPS) is 32.1. The molecule has 2 saturated heterocycles. The molecule has 24 nitrogen and oxygen atoms in total. The summed E-state index contributed by atoms with van der Waals surface area (Å²) in [7, 11) is 10.9. The summed E-state index contributed by atoms with van der Waals surface area (Å²) in [5.41, 5.74) is -1.64. The highest BCUT2D eigenvalue weighted by Gasteiger charge is 2.56. The van der Waals surface area contributed by atoms with Crippen molar-refractivity contribution in [1.82, 2.24) is 60.0 Å². The predicted octanol–water partition coefficient (Wildman–Crippen LogP) is 6.09. The molecule has 2 bridgehead atoms. The van der Waals surface area contributed by atoms with Gasteiger partial charge in [-0.2, -0.15) is 26.3 Å². The van der Waals surface area contributed by atoms with E-state index >= 15 is 37.5 Å². The molecule has 32 heteroatoms. The lowest BCUT2D eigenvalue weighted by Crippen LogP contribution is -2.69. The molecule has 4 saturated carbocycles. The summed E-state index contributed by atoms with van der Waals surface area (Å²) in [4.78, 5) is 189. The van der Waals surface area contributed by atoms with Crippen molar-refractivity contribution in [3.8, 4) is 0 Å². The van der Waals surface area contributed by atoms with Gasteiger partial charge in [0.05, 0.1) is 25.4 Å². The SMILES string of the molecule is CC[C@H](C)[C@@H]1NC(=O)[C@H](CC)N(C)C(=O)C[C@@H](C(=O)N(C)C)N(C)C(=O)[C@H](C2CCCC2)N(C)C(=O)C2(CCC2)NC(=O)[C@@H]2CCCCN2C(=O)[C@H](CCC2CC(F)C(C(F)(F)F)C(F)C2)NC(=O)CN(C)C(=O)[C@H](CC2CCC(C(F)(F)F)CC2)N2CC/C=C\C[C@@H](C2=O)N(C)C(=O)CN(C)C1=O. The van der Waals surface area contributed by atoms with Crippen LogP contribution in [0.4, 0.5) is 35.1 Å². The highest BCUT2D eigenvalue weighted by molar-refractivity contribution is 6.01. The van der Waals surface area contributed by atoms with Gasteiger partial charge in [-0.05, 0) is 152 Å². The van der Waals surface area contributed by atoms with Gasteiger partial charge < -0.3 is 60.0 Å². The second-order valence-corrected chi connectivity index (χ2v) is 30.7. The van der Waals surface area contributed by atoms with E-state index in [1.165, 1.54) is 76.0 Å². The quantitative estimate of drug-likeness (QED) is 0.166. The summed E-state index contributed by atoms with van der Waals surface area (Å²) < 4.78 is 115. The standard InChI is InChI=1S/C72H110F8N12O12/c1-12-42(3)59-67(102)86(7)41-57(95)88(9)52-25-15-14-19-34-92(66(52)101)54(38-43-26-29-46(30-27-43)71(75,76)77)65(100)85(6)40-55(93)81-49(31-28-44-36-47(73)58(48(74)37-44)72(78,79)80)63(98)91-35-20-18-24-51(91)62(97)83-70(32-21-33-70)69(104)90(11)60(45-22-16-17-23-45)68(103)89(10)53(64(99)84(4)5)39-56(94)87(8)50(13-2)61(96)82-59/h14-15,42-54,58-60H,12-13,16-41H2,1-11H3,(H,81,93)(H,82,96)(H,83,97)/b15-14-/t42-,43?,44?,46?,47?,48?,49-,50-,51-,52-,53-,54-,58?,59-,60-/m0/s1. The Labute approximate surface area is 605 Å². The molecule has 4 aliphatic carbocycles. The Morgan fingerprint density at radius 2 is 1.22 bits per heavy atom. The summed E-state index contributed by atoms with van der Waals surface area (Å²) >= 11 is 0. The zero-order valence-electron chi connectivity index (χ0n) is 62.1. The Kier molecular flexibility index (Phi) is 29.1. The maximum atomic E-state index is 15.4. The van der Waals surface area contributed by atoms with Gasteiger partial charge in [-0.15, -0.1) is 0 Å². The number of halogens is 8. The highest BCUT2D eigenvalue weighted by Crippen LogP contribution is 2.46. The lowest BCUT2D eigenvalue weighted by atomic mass is 9.74. The Bertz CT molecular complexity index is 3110. The molecule has 1 spiro atoms. The third-order valence-corrected chi connectivity index (χ3v) is 23.4. The molecule has 7 aliphatic rings. The van der Waals surface area contributed by atoms with Gasteiger partial charge in [0.25, 0.3) is 0 Å². The summed E-state index contributed by atoms with van der Waals surface area (Å²) in [6, 6.07) is -11.1. The number of nitrogens with one attached hydrogen (secondary N) is 3. The van der Waals surface area contributed by atoms with Gasteiger partial charge in [-0.25, -0.2) is 8.78 Å². The first-order valence-corrected chi connectivity index (χ1v) is 37.1. The van der Waals surface area contributed by atoms with Crippen LogP contribution in [0.1, 0.15) is 175 Å². The number of amides is 12. The minimum Gasteiger partial charge on any atom is -0.347 e. The first kappa shape index (κ1) is 84.1. The van der Waals surface area contributed by atoms with E-state index in [4.69, 9.17) is 0 Å². The van der Waals surface area contributed by atoms with Crippen LogP contribution in [0.25, 0.3) is 0 Å².